The van der Waals surface area contributed by atoms with E-state index in [1.807, 2.05) is 18.4 Å². The molecule has 0 aliphatic carbocycles. The van der Waals surface area contributed by atoms with Crippen LogP contribution in [0.25, 0.3) is 0 Å². The van der Waals surface area contributed by atoms with Crippen LogP contribution in [0.2, 0.25) is 0 Å². The Bertz CT molecular complexity index is 615. The average Bonchev–Trinajstić information content (AvgIpc) is 3.24. The molecular formula is C19H30N4O4S. The molecule has 2 atom stereocenters. The highest BCUT2D eigenvalue weighted by Gasteiger charge is 2.30. The van der Waals surface area contributed by atoms with Crippen molar-refractivity contribution in [3.8, 4) is 0 Å². The molecule has 8 nitrogen and oxygen atoms in total. The molecule has 28 heavy (non-hydrogen) atoms. The van der Waals surface area contributed by atoms with E-state index < -0.39 is 11.8 Å². The monoisotopic (exact) mass is 410 g/mol. The molecule has 2 fully saturated rings. The summed E-state index contributed by atoms with van der Waals surface area (Å²) in [6.45, 7) is 9.30. The fraction of sp³-hybridized carbons (Fsp3) is 0.684. The molecule has 0 spiro atoms. The van der Waals surface area contributed by atoms with Gasteiger partial charge in [0, 0.05) is 50.2 Å². The number of nitrogens with one attached hydrogen (secondary N) is 2. The number of hydrogen-bond acceptors (Lipinski definition) is 7. The fourth-order valence-electron chi connectivity index (χ4n) is 3.64. The van der Waals surface area contributed by atoms with Crippen LogP contribution in [0, 0.1) is 0 Å². The first-order valence-electron chi connectivity index (χ1n) is 9.89. The molecule has 156 valence electrons. The van der Waals surface area contributed by atoms with Gasteiger partial charge in [-0.15, -0.1) is 11.3 Å². The smallest absolute Gasteiger partial charge is 0.309 e. The van der Waals surface area contributed by atoms with Crippen LogP contribution in [0.4, 0.5) is 0 Å². The lowest BCUT2D eigenvalue weighted by Crippen LogP contribution is -2.51. The summed E-state index contributed by atoms with van der Waals surface area (Å²) in [7, 11) is 0. The second kappa shape index (κ2) is 10.9. The summed E-state index contributed by atoms with van der Waals surface area (Å²) in [4.78, 5) is 30.3. The predicted molar refractivity (Wildman–Crippen MR) is 107 cm³/mol. The van der Waals surface area contributed by atoms with Gasteiger partial charge in [0.2, 0.25) is 0 Å². The maximum absolute atomic E-state index is 12.4. The lowest BCUT2D eigenvalue weighted by Gasteiger charge is -2.37. The maximum Gasteiger partial charge on any atom is 0.309 e. The molecule has 2 N–H and O–H groups in total. The predicted octanol–water partition coefficient (Wildman–Crippen LogP) is 0.0745. The minimum atomic E-state index is -0.579. The molecule has 2 aliphatic rings. The molecule has 3 heterocycles. The molecule has 1 aromatic rings. The van der Waals surface area contributed by atoms with Gasteiger partial charge in [0.05, 0.1) is 32.5 Å². The van der Waals surface area contributed by atoms with Crippen LogP contribution in [-0.4, -0.2) is 93.4 Å². The van der Waals surface area contributed by atoms with E-state index in [0.29, 0.717) is 19.8 Å². The van der Waals surface area contributed by atoms with Crippen LogP contribution in [0.15, 0.2) is 17.5 Å². The summed E-state index contributed by atoms with van der Waals surface area (Å²) < 4.78 is 10.8. The minimum absolute atomic E-state index is 0.0361. The first-order valence-corrected chi connectivity index (χ1v) is 10.8. The summed E-state index contributed by atoms with van der Waals surface area (Å²) in [6, 6.07) is 3.94. The Morgan fingerprint density at radius 3 is 2.43 bits per heavy atom. The van der Waals surface area contributed by atoms with Gasteiger partial charge in [0.25, 0.3) is 0 Å². The van der Waals surface area contributed by atoms with Gasteiger partial charge in [0.1, 0.15) is 0 Å². The fourth-order valence-corrected chi connectivity index (χ4v) is 4.61. The van der Waals surface area contributed by atoms with E-state index in [0.717, 1.165) is 45.9 Å². The van der Waals surface area contributed by atoms with Crippen molar-refractivity contribution in [1.82, 2.24) is 20.4 Å². The van der Waals surface area contributed by atoms with Gasteiger partial charge in [-0.2, -0.15) is 0 Å². The largest absolute Gasteiger partial charge is 0.379 e. The Morgan fingerprint density at radius 2 is 1.79 bits per heavy atom. The SMILES string of the molecule is C[C@@H](NC(=O)C(=O)NCCN1CCOCC1)[C@@H](c1cccs1)N1CCOCC1. The third kappa shape index (κ3) is 5.99. The third-order valence-corrected chi connectivity index (χ3v) is 6.07. The summed E-state index contributed by atoms with van der Waals surface area (Å²) in [5, 5.41) is 7.65. The number of morpholine rings is 2. The molecule has 2 amide bonds. The summed E-state index contributed by atoms with van der Waals surface area (Å²) in [5.74, 6) is -1.16. The molecule has 3 rings (SSSR count). The van der Waals surface area contributed by atoms with Crippen molar-refractivity contribution in [3.63, 3.8) is 0 Å². The van der Waals surface area contributed by atoms with E-state index in [-0.39, 0.29) is 12.1 Å². The second-order valence-electron chi connectivity index (χ2n) is 7.08. The highest BCUT2D eigenvalue weighted by molar-refractivity contribution is 7.10. The van der Waals surface area contributed by atoms with Crippen LogP contribution < -0.4 is 10.6 Å². The number of ether oxygens (including phenoxy) is 2. The standard InChI is InChI=1S/C19H30N4O4S/c1-15(17(16-3-2-14-28-16)23-8-12-27-13-9-23)21-19(25)18(24)20-4-5-22-6-10-26-11-7-22/h2-3,14-15,17H,4-13H2,1H3,(H,20,24)(H,21,25)/t15-,17+/m1/s1. The first-order chi connectivity index (χ1) is 13.6. The summed E-state index contributed by atoms with van der Waals surface area (Å²) in [6.07, 6.45) is 0. The van der Waals surface area contributed by atoms with Crippen LogP contribution in [0.5, 0.6) is 0 Å². The van der Waals surface area contributed by atoms with Crippen LogP contribution in [0.3, 0.4) is 0 Å². The lowest BCUT2D eigenvalue weighted by atomic mass is 10.1. The van der Waals surface area contributed by atoms with Crippen molar-refractivity contribution in [2.75, 3.05) is 65.7 Å². The van der Waals surface area contributed by atoms with Gasteiger partial charge in [-0.1, -0.05) is 6.07 Å². The van der Waals surface area contributed by atoms with Gasteiger partial charge in [0.15, 0.2) is 0 Å². The van der Waals surface area contributed by atoms with Gasteiger partial charge in [-0.3, -0.25) is 19.4 Å². The Hall–Kier alpha value is -1.52. The molecule has 0 unspecified atom stereocenters. The normalized spacial score (nSPS) is 21.0. The van der Waals surface area contributed by atoms with Crippen LogP contribution >= 0.6 is 11.3 Å². The van der Waals surface area contributed by atoms with Crippen LogP contribution in [0.1, 0.15) is 17.8 Å². The number of nitrogens with zero attached hydrogens (tertiary/aromatic N) is 2. The van der Waals surface area contributed by atoms with Gasteiger partial charge < -0.3 is 20.1 Å². The van der Waals surface area contributed by atoms with E-state index in [4.69, 9.17) is 9.47 Å². The molecule has 2 saturated heterocycles. The molecule has 2 aliphatic heterocycles. The quantitative estimate of drug-likeness (QED) is 0.620. The number of amides is 2. The minimum Gasteiger partial charge on any atom is -0.379 e. The van der Waals surface area contributed by atoms with Crippen molar-refractivity contribution in [2.45, 2.75) is 19.0 Å². The van der Waals surface area contributed by atoms with Crippen molar-refractivity contribution >= 4 is 23.2 Å². The molecular weight excluding hydrogens is 380 g/mol. The molecule has 1 aromatic heterocycles. The van der Waals surface area contributed by atoms with E-state index >= 15 is 0 Å². The summed E-state index contributed by atoms with van der Waals surface area (Å²) >= 11 is 1.67. The zero-order chi connectivity index (χ0) is 19.8. The van der Waals surface area contributed by atoms with Crippen molar-refractivity contribution in [1.29, 1.82) is 0 Å². The number of thiophene rings is 1. The number of hydrogen-bond donors (Lipinski definition) is 2. The van der Waals surface area contributed by atoms with Crippen molar-refractivity contribution in [2.24, 2.45) is 0 Å². The van der Waals surface area contributed by atoms with E-state index in [1.54, 1.807) is 11.3 Å². The second-order valence-corrected chi connectivity index (χ2v) is 8.06. The molecule has 0 saturated carbocycles. The number of carbonyl (C=O) groups is 2. The van der Waals surface area contributed by atoms with E-state index in [2.05, 4.69) is 26.5 Å². The molecule has 0 bridgehead atoms. The van der Waals surface area contributed by atoms with Crippen molar-refractivity contribution < 1.29 is 19.1 Å². The van der Waals surface area contributed by atoms with Crippen LogP contribution in [-0.2, 0) is 19.1 Å². The van der Waals surface area contributed by atoms with Gasteiger partial charge in [-0.05, 0) is 18.4 Å². The highest BCUT2D eigenvalue weighted by Crippen LogP contribution is 2.29. The Labute approximate surface area is 170 Å². The van der Waals surface area contributed by atoms with Gasteiger partial charge >= 0.3 is 11.8 Å². The lowest BCUT2D eigenvalue weighted by molar-refractivity contribution is -0.140. The zero-order valence-electron chi connectivity index (χ0n) is 16.4. The Balaban J connectivity index is 1.49. The van der Waals surface area contributed by atoms with E-state index in [1.165, 1.54) is 4.88 Å². The van der Waals surface area contributed by atoms with Crippen molar-refractivity contribution in [3.05, 3.63) is 22.4 Å². The molecule has 9 heteroatoms. The topological polar surface area (TPSA) is 83.1 Å². The number of rotatable bonds is 7. The Morgan fingerprint density at radius 1 is 1.11 bits per heavy atom. The third-order valence-electron chi connectivity index (χ3n) is 5.13. The number of carbonyl (C=O) groups excluding carboxylic acids is 2. The zero-order valence-corrected chi connectivity index (χ0v) is 17.2. The molecule has 0 aromatic carbocycles. The first kappa shape index (κ1) is 21.2. The van der Waals surface area contributed by atoms with E-state index in [9.17, 15) is 9.59 Å². The summed E-state index contributed by atoms with van der Waals surface area (Å²) in [5.41, 5.74) is 0. The highest BCUT2D eigenvalue weighted by atomic mass is 32.1. The Kier molecular flexibility index (Phi) is 8.23. The maximum atomic E-state index is 12.4. The average molecular weight is 411 g/mol. The molecule has 0 radical (unpaired) electrons. The van der Waals surface area contributed by atoms with Gasteiger partial charge in [-0.25, -0.2) is 0 Å².